The van der Waals surface area contributed by atoms with Crippen LogP contribution >= 0.6 is 0 Å². The van der Waals surface area contributed by atoms with Crippen LogP contribution in [0.2, 0.25) is 0 Å². The van der Waals surface area contributed by atoms with Crippen LogP contribution in [-0.2, 0) is 14.4 Å². The Kier molecular flexibility index (Phi) is 4.76. The first-order valence-electron chi connectivity index (χ1n) is 7.03. The van der Waals surface area contributed by atoms with Gasteiger partial charge in [-0.3, -0.25) is 14.4 Å². The van der Waals surface area contributed by atoms with Gasteiger partial charge >= 0.3 is 5.97 Å². The molecule has 110 valence electrons. The van der Waals surface area contributed by atoms with Crippen molar-refractivity contribution in [3.8, 4) is 0 Å². The van der Waals surface area contributed by atoms with E-state index in [0.29, 0.717) is 12.8 Å². The molecule has 2 amide bonds. The summed E-state index contributed by atoms with van der Waals surface area (Å²) in [7, 11) is 0. The molecule has 2 rings (SSSR count). The van der Waals surface area contributed by atoms with Gasteiger partial charge in [0.15, 0.2) is 0 Å². The van der Waals surface area contributed by atoms with Gasteiger partial charge in [0, 0.05) is 13.1 Å². The minimum Gasteiger partial charge on any atom is -0.481 e. The van der Waals surface area contributed by atoms with E-state index in [1.54, 1.807) is 11.0 Å². The Morgan fingerprint density at radius 2 is 1.70 bits per heavy atom. The molecular weight excluding hydrogens is 260 g/mol. The SMILES string of the molecule is O=C(O)C1CC=CCC1C(=O)NCC(=O)N1CCCC1. The number of carbonyl (C=O) groups is 3. The zero-order chi connectivity index (χ0) is 14.5. The number of amides is 2. The summed E-state index contributed by atoms with van der Waals surface area (Å²) in [4.78, 5) is 36.7. The lowest BCUT2D eigenvalue weighted by Crippen LogP contribution is -2.43. The minimum absolute atomic E-state index is 0.0363. The number of hydrogen-bond donors (Lipinski definition) is 2. The first kappa shape index (κ1) is 14.6. The molecule has 0 saturated carbocycles. The van der Waals surface area contributed by atoms with Gasteiger partial charge in [-0.25, -0.2) is 0 Å². The molecule has 1 heterocycles. The summed E-state index contributed by atoms with van der Waals surface area (Å²) in [5.74, 6) is -2.66. The van der Waals surface area contributed by atoms with Gasteiger partial charge in [0.25, 0.3) is 0 Å². The van der Waals surface area contributed by atoms with Crippen LogP contribution in [0.15, 0.2) is 12.2 Å². The van der Waals surface area contributed by atoms with Gasteiger partial charge < -0.3 is 15.3 Å². The fraction of sp³-hybridized carbons (Fsp3) is 0.643. The van der Waals surface area contributed by atoms with Crippen LogP contribution in [0, 0.1) is 11.8 Å². The van der Waals surface area contributed by atoms with Crippen molar-refractivity contribution in [3.05, 3.63) is 12.2 Å². The molecule has 1 aliphatic heterocycles. The predicted molar refractivity (Wildman–Crippen MR) is 71.8 cm³/mol. The van der Waals surface area contributed by atoms with Crippen LogP contribution in [0.25, 0.3) is 0 Å². The van der Waals surface area contributed by atoms with Gasteiger partial charge in [-0.05, 0) is 25.7 Å². The van der Waals surface area contributed by atoms with E-state index in [4.69, 9.17) is 5.11 Å². The van der Waals surface area contributed by atoms with Crippen molar-refractivity contribution >= 4 is 17.8 Å². The van der Waals surface area contributed by atoms with E-state index in [1.165, 1.54) is 0 Å². The maximum atomic E-state index is 12.1. The summed E-state index contributed by atoms with van der Waals surface area (Å²) >= 11 is 0. The highest BCUT2D eigenvalue weighted by Crippen LogP contribution is 2.25. The highest BCUT2D eigenvalue weighted by molar-refractivity contribution is 5.89. The number of nitrogens with zero attached hydrogens (tertiary/aromatic N) is 1. The second kappa shape index (κ2) is 6.54. The Morgan fingerprint density at radius 3 is 2.30 bits per heavy atom. The number of carbonyl (C=O) groups excluding carboxylic acids is 2. The number of nitrogens with one attached hydrogen (secondary N) is 1. The third-order valence-corrected chi connectivity index (χ3v) is 3.96. The molecule has 1 saturated heterocycles. The van der Waals surface area contributed by atoms with Crippen LogP contribution in [-0.4, -0.2) is 47.4 Å². The molecule has 0 aromatic heterocycles. The molecule has 6 nitrogen and oxygen atoms in total. The van der Waals surface area contributed by atoms with E-state index in [9.17, 15) is 14.4 Å². The van der Waals surface area contributed by atoms with Crippen molar-refractivity contribution in [2.75, 3.05) is 19.6 Å². The maximum absolute atomic E-state index is 12.1. The van der Waals surface area contributed by atoms with Gasteiger partial charge in [0.2, 0.25) is 11.8 Å². The average Bonchev–Trinajstić information content (AvgIpc) is 2.98. The predicted octanol–water partition coefficient (Wildman–Crippen LogP) is 0.392. The smallest absolute Gasteiger partial charge is 0.307 e. The molecule has 20 heavy (non-hydrogen) atoms. The van der Waals surface area contributed by atoms with E-state index in [-0.39, 0.29) is 18.4 Å². The normalized spacial score (nSPS) is 25.5. The van der Waals surface area contributed by atoms with Crippen molar-refractivity contribution in [2.24, 2.45) is 11.8 Å². The zero-order valence-electron chi connectivity index (χ0n) is 11.4. The summed E-state index contributed by atoms with van der Waals surface area (Å²) in [6.07, 6.45) is 6.42. The number of carboxylic acid groups (broad SMARTS) is 1. The van der Waals surface area contributed by atoms with Crippen molar-refractivity contribution in [3.63, 3.8) is 0 Å². The van der Waals surface area contributed by atoms with E-state index in [2.05, 4.69) is 5.32 Å². The van der Waals surface area contributed by atoms with Crippen molar-refractivity contribution in [1.82, 2.24) is 10.2 Å². The zero-order valence-corrected chi connectivity index (χ0v) is 11.4. The lowest BCUT2D eigenvalue weighted by atomic mass is 9.82. The third-order valence-electron chi connectivity index (χ3n) is 3.96. The Balaban J connectivity index is 1.85. The molecule has 2 N–H and O–H groups in total. The average molecular weight is 280 g/mol. The monoisotopic (exact) mass is 280 g/mol. The summed E-state index contributed by atoms with van der Waals surface area (Å²) in [6, 6.07) is 0. The lowest BCUT2D eigenvalue weighted by molar-refractivity contribution is -0.147. The summed E-state index contributed by atoms with van der Waals surface area (Å²) in [6.45, 7) is 1.46. The van der Waals surface area contributed by atoms with E-state index in [1.807, 2.05) is 6.08 Å². The van der Waals surface area contributed by atoms with Crippen LogP contribution in [0.3, 0.4) is 0 Å². The maximum Gasteiger partial charge on any atom is 0.307 e. The summed E-state index contributed by atoms with van der Waals surface area (Å²) < 4.78 is 0. The Labute approximate surface area is 117 Å². The lowest BCUT2D eigenvalue weighted by Gasteiger charge is -2.24. The van der Waals surface area contributed by atoms with E-state index < -0.39 is 17.8 Å². The number of hydrogen-bond acceptors (Lipinski definition) is 3. The minimum atomic E-state index is -0.958. The summed E-state index contributed by atoms with van der Waals surface area (Å²) in [5, 5.41) is 11.7. The number of allylic oxidation sites excluding steroid dienone is 2. The van der Waals surface area contributed by atoms with Gasteiger partial charge in [-0.1, -0.05) is 12.2 Å². The molecule has 0 spiro atoms. The molecule has 0 aromatic carbocycles. The van der Waals surface area contributed by atoms with Crippen molar-refractivity contribution in [2.45, 2.75) is 25.7 Å². The largest absolute Gasteiger partial charge is 0.481 e. The molecule has 0 bridgehead atoms. The third kappa shape index (κ3) is 3.37. The molecule has 2 atom stereocenters. The fourth-order valence-corrected chi connectivity index (χ4v) is 2.75. The summed E-state index contributed by atoms with van der Waals surface area (Å²) in [5.41, 5.74) is 0. The van der Waals surface area contributed by atoms with E-state index in [0.717, 1.165) is 25.9 Å². The first-order chi connectivity index (χ1) is 9.59. The molecule has 0 radical (unpaired) electrons. The molecular formula is C14H20N2O4. The van der Waals surface area contributed by atoms with Gasteiger partial charge in [0.1, 0.15) is 0 Å². The first-order valence-corrected chi connectivity index (χ1v) is 7.03. The quantitative estimate of drug-likeness (QED) is 0.729. The Morgan fingerprint density at radius 1 is 1.10 bits per heavy atom. The fourth-order valence-electron chi connectivity index (χ4n) is 2.75. The highest BCUT2D eigenvalue weighted by atomic mass is 16.4. The highest BCUT2D eigenvalue weighted by Gasteiger charge is 2.34. The molecule has 2 aliphatic rings. The van der Waals surface area contributed by atoms with Crippen LogP contribution < -0.4 is 5.32 Å². The number of carboxylic acids is 1. The van der Waals surface area contributed by atoms with Gasteiger partial charge in [-0.2, -0.15) is 0 Å². The molecule has 6 heteroatoms. The van der Waals surface area contributed by atoms with Crippen LogP contribution in [0.5, 0.6) is 0 Å². The van der Waals surface area contributed by atoms with Crippen molar-refractivity contribution in [1.29, 1.82) is 0 Å². The van der Waals surface area contributed by atoms with Crippen molar-refractivity contribution < 1.29 is 19.5 Å². The number of aliphatic carboxylic acids is 1. The Hall–Kier alpha value is -1.85. The van der Waals surface area contributed by atoms with Gasteiger partial charge in [-0.15, -0.1) is 0 Å². The molecule has 2 unspecified atom stereocenters. The van der Waals surface area contributed by atoms with Crippen LogP contribution in [0.1, 0.15) is 25.7 Å². The van der Waals surface area contributed by atoms with Gasteiger partial charge in [0.05, 0.1) is 18.4 Å². The topological polar surface area (TPSA) is 86.7 Å². The Bertz CT molecular complexity index is 427. The number of rotatable bonds is 4. The standard InChI is InChI=1S/C14H20N2O4/c17-12(16-7-3-4-8-16)9-15-13(18)10-5-1-2-6-11(10)14(19)20/h1-2,10-11H,3-9H2,(H,15,18)(H,19,20). The molecule has 1 fully saturated rings. The molecule has 1 aliphatic carbocycles. The van der Waals surface area contributed by atoms with Crippen LogP contribution in [0.4, 0.5) is 0 Å². The van der Waals surface area contributed by atoms with E-state index >= 15 is 0 Å². The second-order valence-electron chi connectivity index (χ2n) is 5.30. The number of likely N-dealkylation sites (tertiary alicyclic amines) is 1. The second-order valence-corrected chi connectivity index (χ2v) is 5.30. The molecule has 0 aromatic rings.